The van der Waals surface area contributed by atoms with Crippen molar-refractivity contribution in [1.29, 1.82) is 0 Å². The molecule has 2 aliphatic carbocycles. The maximum Gasteiger partial charge on any atom is 0.264 e. The summed E-state index contributed by atoms with van der Waals surface area (Å²) in [6.07, 6.45) is 6.47. The number of halogens is 1. The Morgan fingerprint density at radius 1 is 1.04 bits per heavy atom. The van der Waals surface area contributed by atoms with Crippen molar-refractivity contribution in [2.75, 3.05) is 57.8 Å². The molecule has 2 aromatic rings. The van der Waals surface area contributed by atoms with E-state index < -0.39 is 26.8 Å². The minimum atomic E-state index is -3.98. The third-order valence-electron chi connectivity index (χ3n) is 12.7. The molecular weight excluding hydrogens is 676 g/mol. The number of hydrogen-bond donors (Lipinski definition) is 2. The first kappa shape index (κ1) is 35.5. The number of benzene rings is 2. The lowest BCUT2D eigenvalue weighted by Gasteiger charge is -2.51. The number of carbonyl (C=O) groups excluding carboxylic acids is 2. The van der Waals surface area contributed by atoms with Crippen LogP contribution >= 0.6 is 11.6 Å². The highest BCUT2D eigenvalue weighted by molar-refractivity contribution is 7.90. The number of nitrogens with one attached hydrogen (secondary N) is 1. The predicted octanol–water partition coefficient (Wildman–Crippen LogP) is 4.61. The van der Waals surface area contributed by atoms with E-state index in [9.17, 15) is 23.1 Å². The van der Waals surface area contributed by atoms with Crippen molar-refractivity contribution in [2.24, 2.45) is 17.8 Å². The second kappa shape index (κ2) is 13.6. The molecule has 6 atom stereocenters. The Kier molecular flexibility index (Phi) is 9.67. The van der Waals surface area contributed by atoms with Crippen LogP contribution in [-0.4, -0.2) is 98.9 Å². The molecule has 2 amide bonds. The molecule has 0 aromatic heterocycles. The second-order valence-corrected chi connectivity index (χ2v) is 18.4. The third-order valence-corrected chi connectivity index (χ3v) is 14.8. The van der Waals surface area contributed by atoms with Gasteiger partial charge in [0.2, 0.25) is 15.9 Å². The van der Waals surface area contributed by atoms with Crippen LogP contribution in [0.25, 0.3) is 0 Å². The van der Waals surface area contributed by atoms with E-state index in [2.05, 4.69) is 26.7 Å². The first-order valence-electron chi connectivity index (χ1n) is 18.3. The standard InChI is InChI=1S/C38H51ClN4O6S/c1-25-6-4-15-38(46,23-42-17-16-41(3)35(44)21-42)32-11-8-29(32)20-43-22-37(14-5-7-27-18-30(39)10-12-31(27)37)24-49-34-13-9-28(19-33(34)43)36(45)40-50(47,48)26(25)2/h9-10,12-13,18-19,25-26,29,32,46H,4-8,11,14-17,20-24H2,1-3H3,(H,40,45)/t25-,26+,29-,32+,37-,38-/m0/s1. The van der Waals surface area contributed by atoms with E-state index in [0.29, 0.717) is 64.3 Å². The number of fused-ring (bicyclic) bond motifs is 4. The Morgan fingerprint density at radius 2 is 1.86 bits per heavy atom. The zero-order valence-electron chi connectivity index (χ0n) is 29.5. The number of anilines is 1. The van der Waals surface area contributed by atoms with Gasteiger partial charge >= 0.3 is 0 Å². The quantitative estimate of drug-likeness (QED) is 0.461. The maximum atomic E-state index is 13.6. The highest BCUT2D eigenvalue weighted by atomic mass is 35.5. The molecule has 12 heteroatoms. The number of sulfonamides is 1. The number of nitrogens with zero attached hydrogens (tertiary/aromatic N) is 3. The van der Waals surface area contributed by atoms with Crippen LogP contribution in [0.15, 0.2) is 36.4 Å². The van der Waals surface area contributed by atoms with Gasteiger partial charge in [0, 0.05) is 55.8 Å². The van der Waals surface area contributed by atoms with Crippen molar-refractivity contribution in [3.63, 3.8) is 0 Å². The molecule has 10 nitrogen and oxygen atoms in total. The van der Waals surface area contributed by atoms with Crippen molar-refractivity contribution in [1.82, 2.24) is 14.5 Å². The summed E-state index contributed by atoms with van der Waals surface area (Å²) in [5.41, 5.74) is 2.15. The molecule has 0 radical (unpaired) electrons. The summed E-state index contributed by atoms with van der Waals surface area (Å²) < 4.78 is 36.0. The van der Waals surface area contributed by atoms with Gasteiger partial charge in [-0.1, -0.05) is 31.0 Å². The molecule has 2 bridgehead atoms. The number of aliphatic hydroxyl groups is 1. The summed E-state index contributed by atoms with van der Waals surface area (Å²) in [7, 11) is -2.15. The predicted molar refractivity (Wildman–Crippen MR) is 194 cm³/mol. The van der Waals surface area contributed by atoms with Crippen molar-refractivity contribution >= 4 is 39.1 Å². The van der Waals surface area contributed by atoms with Crippen LogP contribution in [0.3, 0.4) is 0 Å². The fraction of sp³-hybridized carbons (Fsp3) is 0.632. The second-order valence-electron chi connectivity index (χ2n) is 15.9. The largest absolute Gasteiger partial charge is 0.490 e. The Bertz CT molecular complexity index is 1760. The molecule has 3 heterocycles. The van der Waals surface area contributed by atoms with E-state index in [-0.39, 0.29) is 41.2 Å². The molecule has 2 fully saturated rings. The van der Waals surface area contributed by atoms with Crippen LogP contribution < -0.4 is 14.4 Å². The lowest BCUT2D eigenvalue weighted by molar-refractivity contribution is -0.140. The Morgan fingerprint density at radius 3 is 2.62 bits per heavy atom. The number of ether oxygens (including phenoxy) is 1. The van der Waals surface area contributed by atoms with Crippen LogP contribution in [0.2, 0.25) is 5.02 Å². The van der Waals surface area contributed by atoms with Crippen LogP contribution in [0.5, 0.6) is 5.75 Å². The van der Waals surface area contributed by atoms with Crippen LogP contribution in [0.4, 0.5) is 5.69 Å². The molecule has 1 spiro atoms. The molecular formula is C38H51ClN4O6S. The van der Waals surface area contributed by atoms with E-state index in [1.165, 1.54) is 11.1 Å². The van der Waals surface area contributed by atoms with Crippen molar-refractivity contribution in [3.05, 3.63) is 58.1 Å². The van der Waals surface area contributed by atoms with Crippen molar-refractivity contribution < 1.29 is 27.9 Å². The topological polar surface area (TPSA) is 119 Å². The van der Waals surface area contributed by atoms with Gasteiger partial charge in [-0.25, -0.2) is 13.1 Å². The van der Waals surface area contributed by atoms with Crippen molar-refractivity contribution in [3.8, 4) is 5.75 Å². The molecule has 7 rings (SSSR count). The van der Waals surface area contributed by atoms with Gasteiger partial charge in [0.25, 0.3) is 5.91 Å². The molecule has 5 aliphatic rings. The molecule has 272 valence electrons. The highest BCUT2D eigenvalue weighted by Crippen LogP contribution is 2.49. The van der Waals surface area contributed by atoms with E-state index in [1.807, 2.05) is 20.0 Å². The van der Waals surface area contributed by atoms with Gasteiger partial charge in [-0.3, -0.25) is 14.5 Å². The molecule has 50 heavy (non-hydrogen) atoms. The van der Waals surface area contributed by atoms with Gasteiger partial charge in [-0.2, -0.15) is 0 Å². The minimum absolute atomic E-state index is 0.00845. The summed E-state index contributed by atoms with van der Waals surface area (Å²) in [4.78, 5) is 32.4. The summed E-state index contributed by atoms with van der Waals surface area (Å²) in [6.45, 7) is 7.35. The summed E-state index contributed by atoms with van der Waals surface area (Å²) >= 11 is 6.46. The summed E-state index contributed by atoms with van der Waals surface area (Å²) in [5, 5.41) is 12.6. The van der Waals surface area contributed by atoms with Gasteiger partial charge in [0.05, 0.1) is 29.7 Å². The number of piperazine rings is 1. The lowest BCUT2D eigenvalue weighted by Crippen LogP contribution is -2.59. The van der Waals surface area contributed by atoms with E-state index in [4.69, 9.17) is 16.3 Å². The molecule has 0 unspecified atom stereocenters. The maximum absolute atomic E-state index is 13.6. The van der Waals surface area contributed by atoms with Gasteiger partial charge in [-0.15, -0.1) is 0 Å². The van der Waals surface area contributed by atoms with Crippen LogP contribution in [-0.2, 0) is 26.7 Å². The zero-order valence-corrected chi connectivity index (χ0v) is 31.1. The molecule has 2 aromatic carbocycles. The Labute approximate surface area is 301 Å². The minimum Gasteiger partial charge on any atom is -0.490 e. The van der Waals surface area contributed by atoms with Gasteiger partial charge in [0.15, 0.2) is 0 Å². The molecule has 2 N–H and O–H groups in total. The average Bonchev–Trinajstić information content (AvgIpc) is 3.20. The van der Waals surface area contributed by atoms with Crippen molar-refractivity contribution in [2.45, 2.75) is 81.5 Å². The van der Waals surface area contributed by atoms with Crippen LogP contribution in [0.1, 0.15) is 80.3 Å². The summed E-state index contributed by atoms with van der Waals surface area (Å²) in [6, 6.07) is 11.4. The number of rotatable bonds is 2. The Hall–Kier alpha value is -2.86. The first-order chi connectivity index (χ1) is 23.8. The highest BCUT2D eigenvalue weighted by Gasteiger charge is 2.50. The third kappa shape index (κ3) is 6.75. The van der Waals surface area contributed by atoms with E-state index in [0.717, 1.165) is 42.8 Å². The average molecular weight is 727 g/mol. The first-order valence-corrected chi connectivity index (χ1v) is 20.2. The van der Waals surface area contributed by atoms with Gasteiger partial charge < -0.3 is 19.6 Å². The molecule has 1 saturated carbocycles. The molecule has 1 saturated heterocycles. The normalized spacial score (nSPS) is 33.4. The number of aryl methyl sites for hydroxylation is 1. The summed E-state index contributed by atoms with van der Waals surface area (Å²) in [5.74, 6) is 0.0286. The van der Waals surface area contributed by atoms with E-state index >= 15 is 0 Å². The van der Waals surface area contributed by atoms with Crippen LogP contribution in [0, 0.1) is 17.8 Å². The fourth-order valence-corrected chi connectivity index (χ4v) is 10.8. The Balaban J connectivity index is 1.28. The number of carbonyl (C=O) groups is 2. The number of β-amino-alcohol motifs (C(OH)–C–C–N with tert-alkyl or cyclic N) is 1. The SMILES string of the molecule is C[C@@H]1[C@@H](C)CCC[C@](O)(CN2CCN(C)C(=O)C2)[C@@H]2CC[C@H]2CN2C[C@@]3(CCCc4cc(Cl)ccc43)COc3ccc(cc32)C(=O)NS1(=O)=O. The zero-order chi connectivity index (χ0) is 35.4. The monoisotopic (exact) mass is 726 g/mol. The lowest BCUT2D eigenvalue weighted by atomic mass is 9.62. The number of amides is 2. The number of hydrogen-bond acceptors (Lipinski definition) is 8. The fourth-order valence-electron chi connectivity index (χ4n) is 9.30. The molecule has 3 aliphatic heterocycles. The van der Waals surface area contributed by atoms with E-state index in [1.54, 1.807) is 30.0 Å². The number of likely N-dealkylation sites (N-methyl/N-ethyl adjacent to an activating group) is 1. The van der Waals surface area contributed by atoms with Gasteiger partial charge in [0.1, 0.15) is 5.75 Å². The van der Waals surface area contributed by atoms with Gasteiger partial charge in [-0.05, 0) is 111 Å². The smallest absolute Gasteiger partial charge is 0.264 e.